The van der Waals surface area contributed by atoms with Crippen molar-refractivity contribution in [2.45, 2.75) is 25.4 Å². The van der Waals surface area contributed by atoms with Crippen molar-refractivity contribution in [1.82, 2.24) is 10.2 Å². The molecule has 0 saturated carbocycles. The first-order valence-corrected chi connectivity index (χ1v) is 7.19. The summed E-state index contributed by atoms with van der Waals surface area (Å²) in [4.78, 5) is 2.26. The van der Waals surface area contributed by atoms with Gasteiger partial charge in [-0.3, -0.25) is 0 Å². The summed E-state index contributed by atoms with van der Waals surface area (Å²) >= 11 is 0. The predicted octanol–water partition coefficient (Wildman–Crippen LogP) is 1.55. The largest absolute Gasteiger partial charge is 0.390 e. The van der Waals surface area contributed by atoms with E-state index in [1.54, 1.807) is 0 Å². The molecule has 0 amide bonds. The predicted molar refractivity (Wildman–Crippen MR) is 74.6 cm³/mol. The van der Waals surface area contributed by atoms with Crippen molar-refractivity contribution in [3.05, 3.63) is 35.4 Å². The van der Waals surface area contributed by atoms with E-state index in [-0.39, 0.29) is 0 Å². The zero-order valence-corrected chi connectivity index (χ0v) is 11.6. The molecule has 5 heteroatoms. The maximum atomic E-state index is 13.0. The quantitative estimate of drug-likeness (QED) is 0.746. The summed E-state index contributed by atoms with van der Waals surface area (Å²) < 4.78 is 26.0. The van der Waals surface area contributed by atoms with Crippen molar-refractivity contribution in [3.8, 4) is 0 Å². The first kappa shape index (κ1) is 15.4. The molecular formula is C15H22F2N2O. The number of hydrogen-bond acceptors (Lipinski definition) is 3. The van der Waals surface area contributed by atoms with E-state index in [1.807, 2.05) is 0 Å². The Hall–Kier alpha value is -1.04. The molecule has 1 saturated heterocycles. The summed E-state index contributed by atoms with van der Waals surface area (Å²) in [7, 11) is 0. The van der Waals surface area contributed by atoms with Crippen LogP contribution < -0.4 is 5.32 Å². The molecule has 1 unspecified atom stereocenters. The van der Waals surface area contributed by atoms with E-state index in [0.29, 0.717) is 31.6 Å². The molecule has 112 valence electrons. The van der Waals surface area contributed by atoms with Crippen LogP contribution in [0.25, 0.3) is 0 Å². The highest BCUT2D eigenvalue weighted by atomic mass is 19.1. The van der Waals surface area contributed by atoms with Crippen molar-refractivity contribution >= 4 is 0 Å². The molecule has 0 aliphatic carbocycles. The molecule has 2 N–H and O–H groups in total. The summed E-state index contributed by atoms with van der Waals surface area (Å²) in [6, 6.07) is 3.55. The van der Waals surface area contributed by atoms with Crippen LogP contribution in [0.15, 0.2) is 18.2 Å². The molecule has 2 rings (SSSR count). The minimum Gasteiger partial charge on any atom is -0.390 e. The normalized spacial score (nSPS) is 17.6. The Morgan fingerprint density at radius 2 is 1.80 bits per heavy atom. The smallest absolute Gasteiger partial charge is 0.126 e. The molecule has 0 bridgehead atoms. The van der Waals surface area contributed by atoms with Gasteiger partial charge >= 0.3 is 0 Å². The van der Waals surface area contributed by atoms with Crippen LogP contribution in [-0.2, 0) is 6.42 Å². The van der Waals surface area contributed by atoms with E-state index >= 15 is 0 Å². The van der Waals surface area contributed by atoms with Crippen LogP contribution in [0.1, 0.15) is 18.4 Å². The van der Waals surface area contributed by atoms with Crippen molar-refractivity contribution < 1.29 is 13.9 Å². The second-order valence-electron chi connectivity index (χ2n) is 5.39. The lowest BCUT2D eigenvalue weighted by molar-refractivity contribution is 0.124. The topological polar surface area (TPSA) is 35.5 Å². The molecule has 1 aliphatic rings. The molecular weight excluding hydrogens is 262 g/mol. The SMILES string of the molecule is OC(CNCCc1cc(F)cc(F)c1)CN1CCCC1. The number of benzene rings is 1. The molecule has 0 spiro atoms. The Morgan fingerprint density at radius 1 is 1.15 bits per heavy atom. The Kier molecular flexibility index (Phi) is 5.88. The van der Waals surface area contributed by atoms with Gasteiger partial charge < -0.3 is 15.3 Å². The fourth-order valence-corrected chi connectivity index (χ4v) is 2.58. The molecule has 0 radical (unpaired) electrons. The lowest BCUT2D eigenvalue weighted by Gasteiger charge is -2.19. The third kappa shape index (κ3) is 5.15. The highest BCUT2D eigenvalue weighted by Gasteiger charge is 2.15. The highest BCUT2D eigenvalue weighted by Crippen LogP contribution is 2.09. The van der Waals surface area contributed by atoms with Gasteiger partial charge in [-0.25, -0.2) is 8.78 Å². The molecule has 1 heterocycles. The summed E-state index contributed by atoms with van der Waals surface area (Å²) in [5.41, 5.74) is 0.629. The van der Waals surface area contributed by atoms with Gasteiger partial charge in [-0.1, -0.05) is 0 Å². The average Bonchev–Trinajstić information content (AvgIpc) is 2.86. The van der Waals surface area contributed by atoms with Crippen molar-refractivity contribution in [3.63, 3.8) is 0 Å². The number of β-amino-alcohol motifs (C(OH)–C–C–N with tert-alkyl or cyclic N) is 1. The Balaban J connectivity index is 1.62. The summed E-state index contributed by atoms with van der Waals surface area (Å²) in [6.07, 6.45) is 2.58. The van der Waals surface area contributed by atoms with Gasteiger partial charge in [0.05, 0.1) is 6.10 Å². The minimum absolute atomic E-state index is 0.391. The number of nitrogens with zero attached hydrogens (tertiary/aromatic N) is 1. The van der Waals surface area contributed by atoms with E-state index in [1.165, 1.54) is 25.0 Å². The maximum Gasteiger partial charge on any atom is 0.126 e. The van der Waals surface area contributed by atoms with Gasteiger partial charge in [0.15, 0.2) is 0 Å². The average molecular weight is 284 g/mol. The van der Waals surface area contributed by atoms with E-state index in [0.717, 1.165) is 19.2 Å². The second-order valence-corrected chi connectivity index (χ2v) is 5.39. The van der Waals surface area contributed by atoms with Gasteiger partial charge in [0.1, 0.15) is 11.6 Å². The minimum atomic E-state index is -0.547. The maximum absolute atomic E-state index is 13.0. The number of likely N-dealkylation sites (tertiary alicyclic amines) is 1. The lowest BCUT2D eigenvalue weighted by atomic mass is 10.1. The van der Waals surface area contributed by atoms with Crippen LogP contribution in [-0.4, -0.2) is 48.8 Å². The Bertz CT molecular complexity index is 402. The van der Waals surface area contributed by atoms with E-state index in [2.05, 4.69) is 10.2 Å². The first-order chi connectivity index (χ1) is 9.63. The van der Waals surface area contributed by atoms with Crippen LogP contribution in [0.2, 0.25) is 0 Å². The van der Waals surface area contributed by atoms with Crippen molar-refractivity contribution in [2.24, 2.45) is 0 Å². The first-order valence-electron chi connectivity index (χ1n) is 7.19. The molecule has 3 nitrogen and oxygen atoms in total. The van der Waals surface area contributed by atoms with Crippen LogP contribution >= 0.6 is 0 Å². The highest BCUT2D eigenvalue weighted by molar-refractivity contribution is 5.18. The monoisotopic (exact) mass is 284 g/mol. The molecule has 0 aromatic heterocycles. The second kappa shape index (κ2) is 7.67. The molecule has 1 aromatic carbocycles. The van der Waals surface area contributed by atoms with Crippen LogP contribution in [0.4, 0.5) is 8.78 Å². The van der Waals surface area contributed by atoms with Gasteiger partial charge in [0.25, 0.3) is 0 Å². The van der Waals surface area contributed by atoms with Crippen LogP contribution in [0.5, 0.6) is 0 Å². The molecule has 20 heavy (non-hydrogen) atoms. The molecule has 1 fully saturated rings. The van der Waals surface area contributed by atoms with Crippen molar-refractivity contribution in [2.75, 3.05) is 32.7 Å². The Labute approximate surface area is 118 Å². The third-order valence-electron chi connectivity index (χ3n) is 3.56. The fraction of sp³-hybridized carbons (Fsp3) is 0.600. The van der Waals surface area contributed by atoms with Gasteiger partial charge in [-0.15, -0.1) is 0 Å². The molecule has 1 aromatic rings. The van der Waals surface area contributed by atoms with Crippen molar-refractivity contribution in [1.29, 1.82) is 0 Å². The van der Waals surface area contributed by atoms with Gasteiger partial charge in [0.2, 0.25) is 0 Å². The van der Waals surface area contributed by atoms with E-state index in [4.69, 9.17) is 0 Å². The number of halogens is 2. The Morgan fingerprint density at radius 3 is 2.45 bits per heavy atom. The lowest BCUT2D eigenvalue weighted by Crippen LogP contribution is -2.37. The summed E-state index contributed by atoms with van der Waals surface area (Å²) in [5, 5.41) is 13.0. The summed E-state index contributed by atoms with van der Waals surface area (Å²) in [6.45, 7) is 3.94. The number of nitrogens with one attached hydrogen (secondary N) is 1. The number of aliphatic hydroxyl groups is 1. The third-order valence-corrected chi connectivity index (χ3v) is 3.56. The van der Waals surface area contributed by atoms with Gasteiger partial charge in [-0.2, -0.15) is 0 Å². The molecule has 1 atom stereocenters. The number of rotatable bonds is 7. The van der Waals surface area contributed by atoms with Gasteiger partial charge in [0, 0.05) is 19.2 Å². The fourth-order valence-electron chi connectivity index (χ4n) is 2.58. The standard InChI is InChI=1S/C15H22F2N2O/c16-13-7-12(8-14(17)9-13)3-4-18-10-15(20)11-19-5-1-2-6-19/h7-9,15,18,20H,1-6,10-11H2. The molecule has 1 aliphatic heterocycles. The van der Waals surface area contributed by atoms with E-state index in [9.17, 15) is 13.9 Å². The van der Waals surface area contributed by atoms with E-state index < -0.39 is 17.7 Å². The van der Waals surface area contributed by atoms with Gasteiger partial charge in [-0.05, 0) is 56.6 Å². The number of hydrogen-bond donors (Lipinski definition) is 2. The van der Waals surface area contributed by atoms with Crippen LogP contribution in [0.3, 0.4) is 0 Å². The zero-order chi connectivity index (χ0) is 14.4. The van der Waals surface area contributed by atoms with Crippen LogP contribution in [0, 0.1) is 11.6 Å². The summed E-state index contributed by atoms with van der Waals surface area (Å²) in [5.74, 6) is -1.09. The number of aliphatic hydroxyl groups excluding tert-OH is 1. The zero-order valence-electron chi connectivity index (χ0n) is 11.6.